The fraction of sp³-hybridized carbons (Fsp3) is 0.333. The highest BCUT2D eigenvalue weighted by molar-refractivity contribution is 8.16. The van der Waals surface area contributed by atoms with Crippen molar-refractivity contribution in [1.29, 1.82) is 0 Å². The van der Waals surface area contributed by atoms with Gasteiger partial charge in [-0.25, -0.2) is 10.9 Å². The predicted molar refractivity (Wildman–Crippen MR) is 59.1 cm³/mol. The molecule has 1 aromatic carbocycles. The Labute approximate surface area is 76.3 Å². The smallest absolute Gasteiger partial charge is 0.0485 e. The van der Waals surface area contributed by atoms with Crippen LogP contribution < -0.4 is 11.5 Å². The van der Waals surface area contributed by atoms with Gasteiger partial charge in [-0.2, -0.15) is 0 Å². The van der Waals surface area contributed by atoms with Crippen LogP contribution in [-0.2, 0) is 0 Å². The zero-order valence-electron chi connectivity index (χ0n) is 7.76. The molecule has 4 N–H and O–H groups in total. The predicted octanol–water partition coefficient (Wildman–Crippen LogP) is 1.78. The van der Waals surface area contributed by atoms with Crippen molar-refractivity contribution in [1.82, 2.24) is 0 Å². The Kier molecular flexibility index (Phi) is 2.52. The number of hydrogen-bond acceptors (Lipinski definition) is 2. The lowest BCUT2D eigenvalue weighted by molar-refractivity contribution is 1.37. The molecule has 0 aliphatic rings. The van der Waals surface area contributed by atoms with E-state index < -0.39 is 0 Å². The number of hydrogen-bond donors (Lipinski definition) is 3. The van der Waals surface area contributed by atoms with Crippen LogP contribution in [0.2, 0.25) is 0 Å². The molecule has 0 amide bonds. The van der Waals surface area contributed by atoms with Crippen LogP contribution in [0.3, 0.4) is 0 Å². The Morgan fingerprint density at radius 1 is 1.17 bits per heavy atom. The third-order valence-corrected chi connectivity index (χ3v) is 3.37. The lowest BCUT2D eigenvalue weighted by Crippen LogP contribution is -1.98. The average Bonchev–Trinajstić information content (AvgIpc) is 2.00. The number of anilines is 2. The van der Waals surface area contributed by atoms with Crippen molar-refractivity contribution in [2.45, 2.75) is 11.8 Å². The van der Waals surface area contributed by atoms with Crippen LogP contribution in [0.4, 0.5) is 11.4 Å². The molecule has 1 aromatic rings. The van der Waals surface area contributed by atoms with Gasteiger partial charge in [0.25, 0.3) is 0 Å². The molecule has 0 radical (unpaired) electrons. The first kappa shape index (κ1) is 9.26. The Bertz CT molecular complexity index is 295. The third kappa shape index (κ3) is 1.50. The summed E-state index contributed by atoms with van der Waals surface area (Å²) in [6.07, 6.45) is 4.38. The van der Waals surface area contributed by atoms with E-state index in [1.165, 1.54) is 4.90 Å². The lowest BCUT2D eigenvalue weighted by Gasteiger charge is -2.15. The topological polar surface area (TPSA) is 52.0 Å². The lowest BCUT2D eigenvalue weighted by atomic mass is 10.2. The molecule has 12 heavy (non-hydrogen) atoms. The summed E-state index contributed by atoms with van der Waals surface area (Å²) in [5.41, 5.74) is 14.3. The number of benzene rings is 1. The van der Waals surface area contributed by atoms with E-state index in [4.69, 9.17) is 11.5 Å². The van der Waals surface area contributed by atoms with Crippen molar-refractivity contribution in [3.05, 3.63) is 17.7 Å². The molecule has 3 heteroatoms. The van der Waals surface area contributed by atoms with Crippen LogP contribution in [0.5, 0.6) is 0 Å². The molecule has 0 aliphatic heterocycles. The maximum atomic E-state index is 5.92. The van der Waals surface area contributed by atoms with Gasteiger partial charge in [-0.3, -0.25) is 0 Å². The minimum Gasteiger partial charge on any atom is -0.398 e. The molecular weight excluding hydrogens is 168 g/mol. The Hall–Kier alpha value is -0.830. The van der Waals surface area contributed by atoms with Crippen LogP contribution in [0.25, 0.3) is 0 Å². The zero-order chi connectivity index (χ0) is 9.30. The van der Waals surface area contributed by atoms with Crippen molar-refractivity contribution in [3.8, 4) is 0 Å². The van der Waals surface area contributed by atoms with Gasteiger partial charge in [0, 0.05) is 16.3 Å². The summed E-state index contributed by atoms with van der Waals surface area (Å²) >= 11 is 0. The first-order chi connectivity index (χ1) is 5.54. The summed E-state index contributed by atoms with van der Waals surface area (Å²) < 4.78 is 0. The Morgan fingerprint density at radius 2 is 1.75 bits per heavy atom. The van der Waals surface area contributed by atoms with Gasteiger partial charge in [0.2, 0.25) is 0 Å². The highest BCUT2D eigenvalue weighted by Gasteiger charge is 2.05. The summed E-state index contributed by atoms with van der Waals surface area (Å²) in [7, 11) is -0.126. The van der Waals surface area contributed by atoms with Gasteiger partial charge < -0.3 is 11.5 Å². The molecule has 0 saturated carbocycles. The van der Waals surface area contributed by atoms with Gasteiger partial charge >= 0.3 is 0 Å². The molecule has 0 aromatic heterocycles. The second-order valence-electron chi connectivity index (χ2n) is 3.11. The van der Waals surface area contributed by atoms with E-state index >= 15 is 0 Å². The van der Waals surface area contributed by atoms with E-state index in [1.54, 1.807) is 0 Å². The third-order valence-electron chi connectivity index (χ3n) is 2.02. The first-order valence-corrected chi connectivity index (χ1v) is 6.09. The van der Waals surface area contributed by atoms with E-state index in [0.29, 0.717) is 0 Å². The van der Waals surface area contributed by atoms with Crippen molar-refractivity contribution >= 4 is 22.3 Å². The highest BCUT2D eigenvalue weighted by atomic mass is 32.2. The fourth-order valence-electron chi connectivity index (χ4n) is 1.12. The second-order valence-corrected chi connectivity index (χ2v) is 5.38. The number of thiol groups is 1. The minimum absolute atomic E-state index is 0.126. The van der Waals surface area contributed by atoms with Crippen LogP contribution in [0.1, 0.15) is 5.56 Å². The van der Waals surface area contributed by atoms with Gasteiger partial charge in [0.15, 0.2) is 0 Å². The largest absolute Gasteiger partial charge is 0.398 e. The molecule has 0 bridgehead atoms. The molecule has 0 saturated heterocycles. The van der Waals surface area contributed by atoms with Crippen molar-refractivity contribution in [3.63, 3.8) is 0 Å². The Balaban J connectivity index is 3.27. The monoisotopic (exact) mass is 184 g/mol. The van der Waals surface area contributed by atoms with Gasteiger partial charge in [0.05, 0.1) is 0 Å². The van der Waals surface area contributed by atoms with Crippen molar-refractivity contribution in [2.24, 2.45) is 0 Å². The highest BCUT2D eigenvalue weighted by Crippen LogP contribution is 2.36. The van der Waals surface area contributed by atoms with Crippen LogP contribution >= 0.6 is 10.9 Å². The summed E-state index contributed by atoms with van der Waals surface area (Å²) in [5.74, 6) is 0. The van der Waals surface area contributed by atoms with E-state index in [9.17, 15) is 0 Å². The quantitative estimate of drug-likeness (QED) is 0.460. The molecule has 0 fully saturated rings. The number of nitrogens with two attached hydrogens (primary N) is 2. The number of nitrogen functional groups attached to an aromatic ring is 2. The van der Waals surface area contributed by atoms with E-state index in [0.717, 1.165) is 16.9 Å². The molecule has 0 spiro atoms. The molecule has 0 heterocycles. The van der Waals surface area contributed by atoms with Crippen molar-refractivity contribution in [2.75, 3.05) is 24.0 Å². The molecular formula is C9H16N2S. The maximum absolute atomic E-state index is 5.92. The maximum Gasteiger partial charge on any atom is 0.0485 e. The zero-order valence-corrected chi connectivity index (χ0v) is 8.65. The molecule has 1 rings (SSSR count). The molecule has 0 atom stereocenters. The van der Waals surface area contributed by atoms with Crippen LogP contribution in [0, 0.1) is 6.92 Å². The van der Waals surface area contributed by atoms with Gasteiger partial charge in [-0.05, 0) is 37.1 Å². The first-order valence-electron chi connectivity index (χ1n) is 3.86. The SMILES string of the molecule is Cc1c(N)ccc([SH](C)C)c1N. The number of rotatable bonds is 1. The van der Waals surface area contributed by atoms with E-state index in [1.807, 2.05) is 19.1 Å². The van der Waals surface area contributed by atoms with Gasteiger partial charge in [0.1, 0.15) is 0 Å². The summed E-state index contributed by atoms with van der Waals surface area (Å²) in [5, 5.41) is 0. The average molecular weight is 184 g/mol. The minimum atomic E-state index is -0.126. The second kappa shape index (κ2) is 3.27. The molecule has 2 nitrogen and oxygen atoms in total. The van der Waals surface area contributed by atoms with E-state index in [-0.39, 0.29) is 10.9 Å². The molecule has 0 aliphatic carbocycles. The van der Waals surface area contributed by atoms with Gasteiger partial charge in [-0.1, -0.05) is 0 Å². The van der Waals surface area contributed by atoms with Crippen LogP contribution in [0.15, 0.2) is 17.0 Å². The fourth-order valence-corrected chi connectivity index (χ4v) is 2.14. The van der Waals surface area contributed by atoms with Crippen LogP contribution in [-0.4, -0.2) is 12.5 Å². The normalized spacial score (nSPS) is 11.4. The summed E-state index contributed by atoms with van der Waals surface area (Å²) in [6, 6.07) is 3.97. The summed E-state index contributed by atoms with van der Waals surface area (Å²) in [6.45, 7) is 1.97. The molecule has 0 unspecified atom stereocenters. The van der Waals surface area contributed by atoms with Gasteiger partial charge in [-0.15, -0.1) is 0 Å². The van der Waals surface area contributed by atoms with E-state index in [2.05, 4.69) is 12.5 Å². The molecule has 68 valence electrons. The standard InChI is InChI=1S/C9H16N2S/c1-6-7(10)4-5-8(9(6)11)12(2)3/h4-5,12H,10-11H2,1-3H3. The Morgan fingerprint density at radius 3 is 2.25 bits per heavy atom. The summed E-state index contributed by atoms with van der Waals surface area (Å²) in [4.78, 5) is 1.25. The van der Waals surface area contributed by atoms with Crippen molar-refractivity contribution < 1.29 is 0 Å².